The Morgan fingerprint density at radius 2 is 2.20 bits per heavy atom. The standard InChI is InChI=1S/C17H28N6O2/c1-13(2)25-8-6-15(24)10-18-14-9-19-22(11-14)12-17-21-20-16-5-3-4-7-23(16)17/h9,11,13,15,18,24H,3-8,10,12H2,1-2H3. The van der Waals surface area contributed by atoms with Gasteiger partial charge in [0.1, 0.15) is 12.4 Å². The van der Waals surface area contributed by atoms with Crippen molar-refractivity contribution in [3.05, 3.63) is 24.0 Å². The highest BCUT2D eigenvalue weighted by atomic mass is 16.5. The van der Waals surface area contributed by atoms with E-state index >= 15 is 0 Å². The number of nitrogens with one attached hydrogen (secondary N) is 1. The van der Waals surface area contributed by atoms with Crippen molar-refractivity contribution < 1.29 is 9.84 Å². The first-order chi connectivity index (χ1) is 12.1. The van der Waals surface area contributed by atoms with Crippen molar-refractivity contribution in [2.75, 3.05) is 18.5 Å². The minimum atomic E-state index is -0.439. The number of aliphatic hydroxyl groups is 1. The molecule has 2 aromatic heterocycles. The Hall–Kier alpha value is -1.93. The third-order valence-electron chi connectivity index (χ3n) is 4.32. The van der Waals surface area contributed by atoms with Gasteiger partial charge in [0.2, 0.25) is 0 Å². The lowest BCUT2D eigenvalue weighted by Crippen LogP contribution is -2.21. The summed E-state index contributed by atoms with van der Waals surface area (Å²) in [5, 5.41) is 26.1. The van der Waals surface area contributed by atoms with Crippen LogP contribution in [0.5, 0.6) is 0 Å². The molecule has 1 aliphatic rings. The van der Waals surface area contributed by atoms with Gasteiger partial charge in [-0.25, -0.2) is 0 Å². The van der Waals surface area contributed by atoms with E-state index in [0.29, 0.717) is 26.1 Å². The van der Waals surface area contributed by atoms with Gasteiger partial charge in [0.05, 0.1) is 24.1 Å². The Labute approximate surface area is 148 Å². The molecule has 8 nitrogen and oxygen atoms in total. The second-order valence-corrected chi connectivity index (χ2v) is 6.81. The van der Waals surface area contributed by atoms with Crippen LogP contribution >= 0.6 is 0 Å². The predicted octanol–water partition coefficient (Wildman–Crippen LogP) is 1.45. The molecule has 2 N–H and O–H groups in total. The maximum absolute atomic E-state index is 9.98. The van der Waals surface area contributed by atoms with Gasteiger partial charge in [0, 0.05) is 32.3 Å². The van der Waals surface area contributed by atoms with Crippen LogP contribution in [0.3, 0.4) is 0 Å². The number of aromatic nitrogens is 5. The van der Waals surface area contributed by atoms with E-state index in [2.05, 4.69) is 25.2 Å². The van der Waals surface area contributed by atoms with E-state index in [1.54, 1.807) is 6.20 Å². The number of hydrogen-bond donors (Lipinski definition) is 2. The summed E-state index contributed by atoms with van der Waals surface area (Å²) in [6.45, 7) is 6.64. The molecule has 0 bridgehead atoms. The number of aliphatic hydroxyl groups excluding tert-OH is 1. The molecule has 1 atom stereocenters. The fraction of sp³-hybridized carbons (Fsp3) is 0.706. The Balaban J connectivity index is 1.47. The van der Waals surface area contributed by atoms with E-state index in [4.69, 9.17) is 4.74 Å². The highest BCUT2D eigenvalue weighted by Crippen LogP contribution is 2.15. The van der Waals surface area contributed by atoms with Gasteiger partial charge in [-0.3, -0.25) is 4.68 Å². The van der Waals surface area contributed by atoms with E-state index in [-0.39, 0.29) is 6.10 Å². The van der Waals surface area contributed by atoms with Crippen molar-refractivity contribution in [2.24, 2.45) is 0 Å². The van der Waals surface area contributed by atoms with Crippen molar-refractivity contribution in [1.29, 1.82) is 0 Å². The van der Waals surface area contributed by atoms with E-state index in [0.717, 1.165) is 30.3 Å². The molecule has 0 spiro atoms. The number of aryl methyl sites for hydroxylation is 1. The van der Waals surface area contributed by atoms with Crippen molar-refractivity contribution in [3.8, 4) is 0 Å². The van der Waals surface area contributed by atoms with Gasteiger partial charge >= 0.3 is 0 Å². The summed E-state index contributed by atoms with van der Waals surface area (Å²) in [7, 11) is 0. The Morgan fingerprint density at radius 3 is 3.04 bits per heavy atom. The largest absolute Gasteiger partial charge is 0.391 e. The fourth-order valence-electron chi connectivity index (χ4n) is 2.95. The third kappa shape index (κ3) is 5.02. The van der Waals surface area contributed by atoms with Gasteiger partial charge < -0.3 is 19.7 Å². The van der Waals surface area contributed by atoms with Gasteiger partial charge in [-0.2, -0.15) is 5.10 Å². The first-order valence-corrected chi connectivity index (χ1v) is 9.09. The van der Waals surface area contributed by atoms with Crippen molar-refractivity contribution in [1.82, 2.24) is 24.5 Å². The van der Waals surface area contributed by atoms with Gasteiger partial charge in [-0.15, -0.1) is 10.2 Å². The highest BCUT2D eigenvalue weighted by molar-refractivity contribution is 5.38. The van der Waals surface area contributed by atoms with Crippen LogP contribution in [0.4, 0.5) is 5.69 Å². The van der Waals surface area contributed by atoms with Crippen molar-refractivity contribution in [3.63, 3.8) is 0 Å². The molecule has 8 heteroatoms. The second kappa shape index (κ2) is 8.44. The van der Waals surface area contributed by atoms with Crippen LogP contribution in [0, 0.1) is 0 Å². The van der Waals surface area contributed by atoms with E-state index < -0.39 is 6.10 Å². The molecular formula is C17H28N6O2. The molecule has 0 saturated carbocycles. The minimum Gasteiger partial charge on any atom is -0.391 e. The molecule has 3 rings (SSSR count). The van der Waals surface area contributed by atoms with Gasteiger partial charge in [0.25, 0.3) is 0 Å². The van der Waals surface area contributed by atoms with Gasteiger partial charge in [-0.05, 0) is 33.1 Å². The molecule has 1 aliphatic heterocycles. The minimum absolute atomic E-state index is 0.196. The summed E-state index contributed by atoms with van der Waals surface area (Å²) < 4.78 is 9.51. The molecule has 138 valence electrons. The summed E-state index contributed by atoms with van der Waals surface area (Å²) in [6, 6.07) is 0. The second-order valence-electron chi connectivity index (χ2n) is 6.81. The quantitative estimate of drug-likeness (QED) is 0.713. The van der Waals surface area contributed by atoms with Crippen LogP contribution in [0.2, 0.25) is 0 Å². The lowest BCUT2D eigenvalue weighted by atomic mass is 10.2. The van der Waals surface area contributed by atoms with Gasteiger partial charge in [-0.1, -0.05) is 0 Å². The number of rotatable bonds is 9. The lowest BCUT2D eigenvalue weighted by molar-refractivity contribution is 0.0500. The molecule has 0 fully saturated rings. The Morgan fingerprint density at radius 1 is 1.32 bits per heavy atom. The topological polar surface area (TPSA) is 90.0 Å². The molecule has 0 saturated heterocycles. The average Bonchev–Trinajstić information content (AvgIpc) is 3.20. The Kier molecular flexibility index (Phi) is 6.04. The molecule has 0 aromatic carbocycles. The number of hydrogen-bond acceptors (Lipinski definition) is 6. The fourth-order valence-corrected chi connectivity index (χ4v) is 2.95. The third-order valence-corrected chi connectivity index (χ3v) is 4.32. The zero-order valence-corrected chi connectivity index (χ0v) is 15.1. The molecule has 0 aliphatic carbocycles. The SMILES string of the molecule is CC(C)OCCC(O)CNc1cnn(Cc2nnc3n2CCCC3)c1. The maximum Gasteiger partial charge on any atom is 0.154 e. The van der Waals surface area contributed by atoms with Gasteiger partial charge in [0.15, 0.2) is 5.82 Å². The predicted molar refractivity (Wildman–Crippen MR) is 94.5 cm³/mol. The Bertz CT molecular complexity index is 666. The van der Waals surface area contributed by atoms with Crippen molar-refractivity contribution in [2.45, 2.75) is 64.8 Å². The molecule has 25 heavy (non-hydrogen) atoms. The average molecular weight is 348 g/mol. The number of fused-ring (bicyclic) bond motifs is 1. The van der Waals surface area contributed by atoms with Crippen LogP contribution in [0.25, 0.3) is 0 Å². The summed E-state index contributed by atoms with van der Waals surface area (Å²) in [5.74, 6) is 2.04. The molecule has 3 heterocycles. The number of anilines is 1. The lowest BCUT2D eigenvalue weighted by Gasteiger charge is -2.14. The molecule has 0 amide bonds. The van der Waals surface area contributed by atoms with Crippen LogP contribution in [0.15, 0.2) is 12.4 Å². The van der Waals surface area contributed by atoms with Crippen LogP contribution in [-0.4, -0.2) is 55.0 Å². The van der Waals surface area contributed by atoms with E-state index in [1.807, 2.05) is 24.7 Å². The zero-order valence-electron chi connectivity index (χ0n) is 15.1. The summed E-state index contributed by atoms with van der Waals surface area (Å²) >= 11 is 0. The normalized spacial score (nSPS) is 15.4. The molecule has 0 radical (unpaired) electrons. The number of nitrogens with zero attached hydrogens (tertiary/aromatic N) is 5. The van der Waals surface area contributed by atoms with Crippen LogP contribution in [-0.2, 0) is 24.2 Å². The van der Waals surface area contributed by atoms with E-state index in [1.165, 1.54) is 12.8 Å². The first kappa shape index (κ1) is 17.9. The monoisotopic (exact) mass is 348 g/mol. The number of ether oxygens (including phenoxy) is 1. The zero-order chi connectivity index (χ0) is 17.6. The molecular weight excluding hydrogens is 320 g/mol. The highest BCUT2D eigenvalue weighted by Gasteiger charge is 2.16. The van der Waals surface area contributed by atoms with E-state index in [9.17, 15) is 5.11 Å². The van der Waals surface area contributed by atoms with Crippen LogP contribution < -0.4 is 5.32 Å². The molecule has 1 unspecified atom stereocenters. The summed E-state index contributed by atoms with van der Waals surface area (Å²) in [4.78, 5) is 0. The smallest absolute Gasteiger partial charge is 0.154 e. The first-order valence-electron chi connectivity index (χ1n) is 9.09. The molecule has 2 aromatic rings. The summed E-state index contributed by atoms with van der Waals surface area (Å²) in [6.07, 6.45) is 7.46. The van der Waals surface area contributed by atoms with Crippen molar-refractivity contribution >= 4 is 5.69 Å². The maximum atomic E-state index is 9.98. The van der Waals surface area contributed by atoms with Crippen LogP contribution in [0.1, 0.15) is 44.8 Å². The summed E-state index contributed by atoms with van der Waals surface area (Å²) in [5.41, 5.74) is 0.891.